The number of imidazole rings is 1. The Labute approximate surface area is 86.7 Å². The van der Waals surface area contributed by atoms with Crippen molar-refractivity contribution in [3.63, 3.8) is 0 Å². The highest BCUT2D eigenvalue weighted by Crippen LogP contribution is 2.30. The van der Waals surface area contributed by atoms with E-state index in [4.69, 9.17) is 0 Å². The summed E-state index contributed by atoms with van der Waals surface area (Å²) in [5.41, 5.74) is 1.83. The molecule has 1 saturated carbocycles. The van der Waals surface area contributed by atoms with Crippen molar-refractivity contribution in [3.8, 4) is 0 Å². The molecule has 1 fully saturated rings. The fraction of sp³-hybridized carbons (Fsp3) is 0.273. The molecule has 3 rings (SSSR count). The van der Waals surface area contributed by atoms with Crippen molar-refractivity contribution in [1.82, 2.24) is 9.97 Å². The van der Waals surface area contributed by atoms with E-state index in [0.29, 0.717) is 5.95 Å². The van der Waals surface area contributed by atoms with Crippen LogP contribution in [0.5, 0.6) is 0 Å². The molecule has 2 N–H and O–H groups in total. The molecule has 0 spiro atoms. The van der Waals surface area contributed by atoms with Gasteiger partial charge in [0.25, 0.3) is 0 Å². The van der Waals surface area contributed by atoms with Crippen molar-refractivity contribution in [1.29, 1.82) is 0 Å². The second-order valence-electron chi connectivity index (χ2n) is 3.87. The lowest BCUT2D eigenvalue weighted by atomic mass is 10.3. The molecule has 0 bridgehead atoms. The Morgan fingerprint density at radius 2 is 2.20 bits per heavy atom. The average molecular weight is 201 g/mol. The van der Waals surface area contributed by atoms with Crippen LogP contribution in [0.1, 0.15) is 12.8 Å². The molecular formula is C11H11N3O. The smallest absolute Gasteiger partial charge is 0.229 e. The molecule has 0 aliphatic heterocycles. The number of aromatic nitrogens is 2. The molecule has 4 heteroatoms. The van der Waals surface area contributed by atoms with Crippen LogP contribution in [0, 0.1) is 5.92 Å². The summed E-state index contributed by atoms with van der Waals surface area (Å²) in [6, 6.07) is 7.72. The third-order valence-corrected chi connectivity index (χ3v) is 2.58. The first-order valence-electron chi connectivity index (χ1n) is 5.08. The van der Waals surface area contributed by atoms with E-state index in [1.807, 2.05) is 24.3 Å². The van der Waals surface area contributed by atoms with Gasteiger partial charge in [0.2, 0.25) is 11.9 Å². The molecule has 1 aliphatic carbocycles. The van der Waals surface area contributed by atoms with Gasteiger partial charge in [0, 0.05) is 5.92 Å². The number of hydrogen-bond donors (Lipinski definition) is 2. The molecule has 0 unspecified atom stereocenters. The minimum absolute atomic E-state index is 0.0778. The maximum Gasteiger partial charge on any atom is 0.229 e. The largest absolute Gasteiger partial charge is 0.324 e. The second-order valence-corrected chi connectivity index (χ2v) is 3.87. The first-order valence-corrected chi connectivity index (χ1v) is 5.08. The fourth-order valence-electron chi connectivity index (χ4n) is 1.58. The van der Waals surface area contributed by atoms with Crippen molar-refractivity contribution in [2.45, 2.75) is 12.8 Å². The van der Waals surface area contributed by atoms with Crippen LogP contribution in [-0.2, 0) is 4.79 Å². The maximum absolute atomic E-state index is 11.5. The number of nitrogens with one attached hydrogen (secondary N) is 2. The van der Waals surface area contributed by atoms with E-state index in [0.717, 1.165) is 23.9 Å². The lowest BCUT2D eigenvalue weighted by Gasteiger charge is -1.97. The predicted molar refractivity (Wildman–Crippen MR) is 57.4 cm³/mol. The van der Waals surface area contributed by atoms with Gasteiger partial charge in [-0.3, -0.25) is 10.1 Å². The predicted octanol–water partition coefficient (Wildman–Crippen LogP) is 1.91. The molecular weight excluding hydrogens is 190 g/mol. The number of benzene rings is 1. The van der Waals surface area contributed by atoms with Crippen LogP contribution in [0.2, 0.25) is 0 Å². The number of amides is 1. The summed E-state index contributed by atoms with van der Waals surface area (Å²) in [7, 11) is 0. The molecule has 76 valence electrons. The topological polar surface area (TPSA) is 57.8 Å². The normalized spacial score (nSPS) is 15.5. The summed E-state index contributed by atoms with van der Waals surface area (Å²) in [6.45, 7) is 0. The second kappa shape index (κ2) is 3.08. The molecule has 0 saturated heterocycles. The van der Waals surface area contributed by atoms with E-state index >= 15 is 0 Å². The number of fused-ring (bicyclic) bond motifs is 1. The van der Waals surface area contributed by atoms with Gasteiger partial charge in [-0.25, -0.2) is 4.98 Å². The third-order valence-electron chi connectivity index (χ3n) is 2.58. The van der Waals surface area contributed by atoms with Crippen molar-refractivity contribution >= 4 is 22.9 Å². The Kier molecular flexibility index (Phi) is 1.74. The minimum atomic E-state index is 0.0778. The quantitative estimate of drug-likeness (QED) is 0.779. The number of rotatable bonds is 2. The molecule has 15 heavy (non-hydrogen) atoms. The van der Waals surface area contributed by atoms with E-state index in [9.17, 15) is 4.79 Å². The molecule has 0 atom stereocenters. The zero-order valence-corrected chi connectivity index (χ0v) is 8.16. The minimum Gasteiger partial charge on any atom is -0.324 e. The summed E-state index contributed by atoms with van der Waals surface area (Å²) >= 11 is 0. The van der Waals surface area contributed by atoms with Gasteiger partial charge in [-0.15, -0.1) is 0 Å². The van der Waals surface area contributed by atoms with Gasteiger partial charge >= 0.3 is 0 Å². The lowest BCUT2D eigenvalue weighted by Crippen LogP contribution is -2.14. The SMILES string of the molecule is O=C(Nc1nc2ccccc2[nH]1)C1CC1. The maximum atomic E-state index is 11.5. The van der Waals surface area contributed by atoms with Crippen LogP contribution >= 0.6 is 0 Å². The van der Waals surface area contributed by atoms with E-state index in [1.165, 1.54) is 0 Å². The molecule has 0 radical (unpaired) electrons. The van der Waals surface area contributed by atoms with Crippen LogP contribution in [-0.4, -0.2) is 15.9 Å². The van der Waals surface area contributed by atoms with Gasteiger partial charge < -0.3 is 4.98 Å². The van der Waals surface area contributed by atoms with Crippen molar-refractivity contribution < 1.29 is 4.79 Å². The summed E-state index contributed by atoms with van der Waals surface area (Å²) in [4.78, 5) is 18.8. The number of aromatic amines is 1. The van der Waals surface area contributed by atoms with Gasteiger partial charge in [-0.05, 0) is 25.0 Å². The van der Waals surface area contributed by atoms with Crippen LogP contribution in [0.3, 0.4) is 0 Å². The first-order chi connectivity index (χ1) is 7.33. The van der Waals surface area contributed by atoms with Crippen LogP contribution < -0.4 is 5.32 Å². The van der Waals surface area contributed by atoms with Gasteiger partial charge in [0.1, 0.15) is 0 Å². The standard InChI is InChI=1S/C11H11N3O/c15-10(7-5-6-7)14-11-12-8-3-1-2-4-9(8)13-11/h1-4,7H,5-6H2,(H2,12,13,14,15). The van der Waals surface area contributed by atoms with Gasteiger partial charge in [0.05, 0.1) is 11.0 Å². The Balaban J connectivity index is 1.87. The summed E-state index contributed by atoms with van der Waals surface area (Å²) < 4.78 is 0. The molecule has 1 aliphatic rings. The molecule has 1 heterocycles. The lowest BCUT2D eigenvalue weighted by molar-refractivity contribution is -0.117. The monoisotopic (exact) mass is 201 g/mol. The number of H-pyrrole nitrogens is 1. The van der Waals surface area contributed by atoms with E-state index in [2.05, 4.69) is 15.3 Å². The van der Waals surface area contributed by atoms with E-state index in [-0.39, 0.29) is 11.8 Å². The molecule has 1 amide bonds. The molecule has 1 aromatic heterocycles. The average Bonchev–Trinajstić information content (AvgIpc) is 2.99. The zero-order valence-electron chi connectivity index (χ0n) is 8.16. The summed E-state index contributed by atoms with van der Waals surface area (Å²) in [5, 5.41) is 2.79. The highest BCUT2D eigenvalue weighted by Gasteiger charge is 2.30. The van der Waals surface area contributed by atoms with Crippen molar-refractivity contribution in [2.75, 3.05) is 5.32 Å². The van der Waals surface area contributed by atoms with Gasteiger partial charge in [-0.1, -0.05) is 12.1 Å². The Bertz CT molecular complexity index is 480. The first kappa shape index (κ1) is 8.47. The Hall–Kier alpha value is -1.84. The number of para-hydroxylation sites is 2. The third kappa shape index (κ3) is 1.58. The fourth-order valence-corrected chi connectivity index (χ4v) is 1.58. The van der Waals surface area contributed by atoms with Gasteiger partial charge in [-0.2, -0.15) is 0 Å². The number of anilines is 1. The summed E-state index contributed by atoms with van der Waals surface area (Å²) in [5.74, 6) is 0.834. The molecule has 4 nitrogen and oxygen atoms in total. The number of carbonyl (C=O) groups excluding carboxylic acids is 1. The van der Waals surface area contributed by atoms with Gasteiger partial charge in [0.15, 0.2) is 0 Å². The highest BCUT2D eigenvalue weighted by molar-refractivity contribution is 5.94. The zero-order chi connectivity index (χ0) is 10.3. The van der Waals surface area contributed by atoms with Crippen LogP contribution in [0.4, 0.5) is 5.95 Å². The molecule has 2 aromatic rings. The summed E-state index contributed by atoms with van der Waals surface area (Å²) in [6.07, 6.45) is 2.01. The highest BCUT2D eigenvalue weighted by atomic mass is 16.2. The van der Waals surface area contributed by atoms with E-state index < -0.39 is 0 Å². The molecule has 1 aromatic carbocycles. The van der Waals surface area contributed by atoms with Crippen molar-refractivity contribution in [3.05, 3.63) is 24.3 Å². The van der Waals surface area contributed by atoms with Crippen LogP contribution in [0.15, 0.2) is 24.3 Å². The Morgan fingerprint density at radius 3 is 2.93 bits per heavy atom. The number of hydrogen-bond acceptors (Lipinski definition) is 2. The van der Waals surface area contributed by atoms with Crippen LogP contribution in [0.25, 0.3) is 11.0 Å². The van der Waals surface area contributed by atoms with Crippen molar-refractivity contribution in [2.24, 2.45) is 5.92 Å². The van der Waals surface area contributed by atoms with E-state index in [1.54, 1.807) is 0 Å². The Morgan fingerprint density at radius 1 is 1.40 bits per heavy atom. The number of nitrogens with zero attached hydrogens (tertiary/aromatic N) is 1. The number of carbonyl (C=O) groups is 1.